The van der Waals surface area contributed by atoms with Gasteiger partial charge in [0, 0.05) is 23.7 Å². The van der Waals surface area contributed by atoms with Gasteiger partial charge < -0.3 is 20.1 Å². The molecule has 0 radical (unpaired) electrons. The maximum Gasteiger partial charge on any atom is 0.240 e. The van der Waals surface area contributed by atoms with E-state index in [1.165, 1.54) is 20.4 Å². The number of amidine groups is 1. The van der Waals surface area contributed by atoms with Gasteiger partial charge in [0.2, 0.25) is 11.8 Å². The summed E-state index contributed by atoms with van der Waals surface area (Å²) in [6.45, 7) is 1.97. The van der Waals surface area contributed by atoms with E-state index in [4.69, 9.17) is 21.1 Å². The minimum absolute atomic E-state index is 0.0224. The van der Waals surface area contributed by atoms with E-state index in [0.29, 0.717) is 32.9 Å². The first-order valence-electron chi connectivity index (χ1n) is 9.26. The van der Waals surface area contributed by atoms with Gasteiger partial charge in [0.15, 0.2) is 16.7 Å². The summed E-state index contributed by atoms with van der Waals surface area (Å²) in [6, 6.07) is 10.7. The first kappa shape index (κ1) is 22.6. The lowest BCUT2D eigenvalue weighted by Crippen LogP contribution is -2.28. The van der Waals surface area contributed by atoms with Crippen LogP contribution in [0.3, 0.4) is 0 Å². The summed E-state index contributed by atoms with van der Waals surface area (Å²) in [5, 5.41) is 13.6. The monoisotopic (exact) mass is 460 g/mol. The van der Waals surface area contributed by atoms with Crippen molar-refractivity contribution < 1.29 is 19.1 Å². The molecule has 0 aromatic heterocycles. The van der Waals surface area contributed by atoms with E-state index in [-0.39, 0.29) is 18.2 Å². The molecular formula is C21H21ClN4O4S. The van der Waals surface area contributed by atoms with Crippen LogP contribution in [0, 0.1) is 6.92 Å². The van der Waals surface area contributed by atoms with Crippen molar-refractivity contribution in [3.8, 4) is 11.5 Å². The fourth-order valence-electron chi connectivity index (χ4n) is 2.72. The number of ether oxygens (including phenoxy) is 2. The number of rotatable bonds is 7. The second-order valence-electron chi connectivity index (χ2n) is 6.59. The molecule has 1 aliphatic heterocycles. The molecule has 0 aliphatic carbocycles. The number of aryl methyl sites for hydroxylation is 1. The first-order valence-corrected chi connectivity index (χ1v) is 10.5. The summed E-state index contributed by atoms with van der Waals surface area (Å²) in [5.74, 6) is 0.464. The van der Waals surface area contributed by atoms with E-state index < -0.39 is 5.25 Å². The average Bonchev–Trinajstić information content (AvgIpc) is 3.09. The Bertz CT molecular complexity index is 1040. The number of thioether (sulfide) groups is 1. The number of nitrogens with one attached hydrogen (secondary N) is 2. The molecule has 1 atom stereocenters. The van der Waals surface area contributed by atoms with Gasteiger partial charge in [-0.25, -0.2) is 0 Å². The Morgan fingerprint density at radius 3 is 2.58 bits per heavy atom. The molecule has 8 nitrogen and oxygen atoms in total. The van der Waals surface area contributed by atoms with Crippen molar-refractivity contribution in [1.82, 2.24) is 5.32 Å². The molecule has 3 rings (SSSR count). The van der Waals surface area contributed by atoms with Crippen molar-refractivity contribution in [1.29, 1.82) is 0 Å². The van der Waals surface area contributed by atoms with Gasteiger partial charge in [0.25, 0.3) is 0 Å². The lowest BCUT2D eigenvalue weighted by Gasteiger charge is -2.09. The standard InChI is InChI=1S/C21H21ClN4O4S/c1-12-4-6-14(7-5-12)24-19(27)10-18-20(28)25-21(31-18)26-23-11-13-8-16(29-2)17(30-3)9-15(13)22/h4-9,11,18H,10H2,1-3H3,(H,24,27)(H,25,26,28). The van der Waals surface area contributed by atoms with Crippen LogP contribution in [0.1, 0.15) is 17.5 Å². The Morgan fingerprint density at radius 2 is 1.90 bits per heavy atom. The Hall–Kier alpha value is -3.04. The van der Waals surface area contributed by atoms with Crippen LogP contribution in [0.2, 0.25) is 5.02 Å². The Kier molecular flexibility index (Phi) is 7.54. The average molecular weight is 461 g/mol. The molecular weight excluding hydrogens is 440 g/mol. The number of methoxy groups -OCH3 is 2. The molecule has 1 aliphatic rings. The van der Waals surface area contributed by atoms with E-state index >= 15 is 0 Å². The van der Waals surface area contributed by atoms with Gasteiger partial charge in [0.05, 0.1) is 25.5 Å². The van der Waals surface area contributed by atoms with Gasteiger partial charge in [0.1, 0.15) is 5.25 Å². The fraction of sp³-hybridized carbons (Fsp3) is 0.238. The minimum atomic E-state index is -0.580. The minimum Gasteiger partial charge on any atom is -0.493 e. The predicted octanol–water partition coefficient (Wildman–Crippen LogP) is 3.62. The van der Waals surface area contributed by atoms with Crippen molar-refractivity contribution in [3.05, 3.63) is 52.5 Å². The number of nitrogens with zero attached hydrogens (tertiary/aromatic N) is 2. The van der Waals surface area contributed by atoms with Crippen molar-refractivity contribution >= 4 is 52.2 Å². The molecule has 0 spiro atoms. The van der Waals surface area contributed by atoms with Crippen molar-refractivity contribution in [2.24, 2.45) is 10.2 Å². The van der Waals surface area contributed by atoms with Crippen LogP contribution in [-0.4, -0.2) is 42.7 Å². The molecule has 0 saturated carbocycles. The van der Waals surface area contributed by atoms with E-state index in [9.17, 15) is 9.59 Å². The molecule has 2 aromatic carbocycles. The van der Waals surface area contributed by atoms with Crippen LogP contribution in [0.25, 0.3) is 0 Å². The smallest absolute Gasteiger partial charge is 0.240 e. The largest absolute Gasteiger partial charge is 0.493 e. The maximum atomic E-state index is 12.2. The molecule has 1 saturated heterocycles. The summed E-state index contributed by atoms with van der Waals surface area (Å²) < 4.78 is 10.4. The SMILES string of the molecule is COc1cc(Cl)c(C=N/N=C2/NC(=O)C(CC(=O)Nc3ccc(C)cc3)S2)cc1OC. The first-order chi connectivity index (χ1) is 14.9. The quantitative estimate of drug-likeness (QED) is 0.485. The van der Waals surface area contributed by atoms with Gasteiger partial charge in [-0.2, -0.15) is 5.10 Å². The van der Waals surface area contributed by atoms with Crippen LogP contribution >= 0.6 is 23.4 Å². The summed E-state index contributed by atoms with van der Waals surface area (Å²) >= 11 is 7.37. The van der Waals surface area contributed by atoms with E-state index in [1.807, 2.05) is 31.2 Å². The molecule has 31 heavy (non-hydrogen) atoms. The molecule has 2 aromatic rings. The number of hydrogen-bond acceptors (Lipinski definition) is 7. The highest BCUT2D eigenvalue weighted by atomic mass is 35.5. The van der Waals surface area contributed by atoms with Gasteiger partial charge >= 0.3 is 0 Å². The number of amides is 2. The molecule has 10 heteroatoms. The zero-order valence-corrected chi connectivity index (χ0v) is 18.7. The third kappa shape index (κ3) is 5.99. The van der Waals surface area contributed by atoms with E-state index in [2.05, 4.69) is 20.8 Å². The van der Waals surface area contributed by atoms with Crippen LogP contribution in [0.5, 0.6) is 11.5 Å². The Morgan fingerprint density at radius 1 is 1.23 bits per heavy atom. The van der Waals surface area contributed by atoms with Crippen LogP contribution < -0.4 is 20.1 Å². The van der Waals surface area contributed by atoms with Crippen molar-refractivity contribution in [2.45, 2.75) is 18.6 Å². The van der Waals surface area contributed by atoms with Crippen molar-refractivity contribution in [3.63, 3.8) is 0 Å². The highest BCUT2D eigenvalue weighted by molar-refractivity contribution is 8.15. The van der Waals surface area contributed by atoms with Crippen LogP contribution in [-0.2, 0) is 9.59 Å². The summed E-state index contributed by atoms with van der Waals surface area (Å²) in [4.78, 5) is 24.4. The third-order valence-corrected chi connectivity index (χ3v) is 5.73. The number of halogens is 1. The van der Waals surface area contributed by atoms with Crippen LogP contribution in [0.15, 0.2) is 46.6 Å². The summed E-state index contributed by atoms with van der Waals surface area (Å²) in [7, 11) is 3.04. The van der Waals surface area contributed by atoms with E-state index in [0.717, 1.165) is 17.3 Å². The van der Waals surface area contributed by atoms with E-state index in [1.54, 1.807) is 12.1 Å². The summed E-state index contributed by atoms with van der Waals surface area (Å²) in [5.41, 5.74) is 2.36. The molecule has 1 heterocycles. The zero-order valence-electron chi connectivity index (χ0n) is 17.1. The number of anilines is 1. The number of carbonyl (C=O) groups is 2. The zero-order chi connectivity index (χ0) is 22.4. The fourth-order valence-corrected chi connectivity index (χ4v) is 3.84. The second-order valence-corrected chi connectivity index (χ2v) is 8.19. The van der Waals surface area contributed by atoms with Gasteiger partial charge in [-0.3, -0.25) is 9.59 Å². The van der Waals surface area contributed by atoms with Gasteiger partial charge in [-0.05, 0) is 25.1 Å². The number of benzene rings is 2. The highest BCUT2D eigenvalue weighted by Gasteiger charge is 2.32. The molecule has 2 N–H and O–H groups in total. The number of carbonyl (C=O) groups excluding carboxylic acids is 2. The van der Waals surface area contributed by atoms with Gasteiger partial charge in [-0.1, -0.05) is 41.1 Å². The van der Waals surface area contributed by atoms with Crippen molar-refractivity contribution in [2.75, 3.05) is 19.5 Å². The normalized spacial score (nSPS) is 17.1. The Labute approximate surface area is 189 Å². The molecule has 162 valence electrons. The number of hydrogen-bond donors (Lipinski definition) is 2. The lowest BCUT2D eigenvalue weighted by atomic mass is 10.2. The van der Waals surface area contributed by atoms with Gasteiger partial charge in [-0.15, -0.1) is 5.10 Å². The van der Waals surface area contributed by atoms with Crippen LogP contribution in [0.4, 0.5) is 5.69 Å². The Balaban J connectivity index is 1.60. The second kappa shape index (κ2) is 10.3. The maximum absolute atomic E-state index is 12.2. The molecule has 1 unspecified atom stereocenters. The summed E-state index contributed by atoms with van der Waals surface area (Å²) in [6.07, 6.45) is 1.47. The molecule has 2 amide bonds. The molecule has 0 bridgehead atoms. The topological polar surface area (TPSA) is 101 Å². The molecule has 1 fully saturated rings. The lowest BCUT2D eigenvalue weighted by molar-refractivity contribution is -0.122. The third-order valence-electron chi connectivity index (χ3n) is 4.33. The predicted molar refractivity (Wildman–Crippen MR) is 124 cm³/mol. The highest BCUT2D eigenvalue weighted by Crippen LogP contribution is 2.32.